The van der Waals surface area contributed by atoms with Gasteiger partial charge < -0.3 is 4.57 Å². The Hall–Kier alpha value is -3.12. The van der Waals surface area contributed by atoms with Crippen molar-refractivity contribution in [3.63, 3.8) is 0 Å². The van der Waals surface area contributed by atoms with Crippen LogP contribution in [0.1, 0.15) is 5.56 Å². The number of rotatable bonds is 5. The van der Waals surface area contributed by atoms with Crippen molar-refractivity contribution in [1.29, 1.82) is 0 Å². The van der Waals surface area contributed by atoms with Crippen LogP contribution in [0.4, 0.5) is 10.1 Å². The van der Waals surface area contributed by atoms with Crippen molar-refractivity contribution < 1.29 is 9.31 Å². The van der Waals surface area contributed by atoms with Gasteiger partial charge in [0, 0.05) is 40.1 Å². The van der Waals surface area contributed by atoms with Crippen LogP contribution in [0, 0.1) is 15.9 Å². The molecule has 6 heteroatoms. The lowest BCUT2D eigenvalue weighted by atomic mass is 10.2. The smallest absolute Gasteiger partial charge is 0.269 e. The fourth-order valence-electron chi connectivity index (χ4n) is 3.00. The Morgan fingerprint density at radius 1 is 1.00 bits per heavy atom. The molecule has 0 saturated heterocycles. The maximum atomic E-state index is 13.4. The predicted octanol–water partition coefficient (Wildman–Crippen LogP) is 5.97. The van der Waals surface area contributed by atoms with Gasteiger partial charge in [-0.25, -0.2) is 4.39 Å². The normalized spacial score (nSPS) is 11.0. The van der Waals surface area contributed by atoms with E-state index in [1.165, 1.54) is 18.2 Å². The van der Waals surface area contributed by atoms with E-state index in [-0.39, 0.29) is 11.5 Å². The quantitative estimate of drug-likeness (QED) is 0.244. The van der Waals surface area contributed by atoms with Crippen LogP contribution >= 0.6 is 11.8 Å². The molecule has 1 aromatic heterocycles. The first-order valence-corrected chi connectivity index (χ1v) is 9.32. The third-order valence-corrected chi connectivity index (χ3v) is 5.41. The van der Waals surface area contributed by atoms with Crippen molar-refractivity contribution in [2.24, 2.45) is 0 Å². The highest BCUT2D eigenvalue weighted by molar-refractivity contribution is 7.98. The molecular weight excluding hydrogens is 363 g/mol. The first-order valence-electron chi connectivity index (χ1n) is 8.34. The summed E-state index contributed by atoms with van der Waals surface area (Å²) >= 11 is 1.64. The summed E-state index contributed by atoms with van der Waals surface area (Å²) in [7, 11) is 0. The largest absolute Gasteiger partial charge is 0.315 e. The molecule has 0 radical (unpaired) electrons. The zero-order valence-electron chi connectivity index (χ0n) is 14.2. The van der Waals surface area contributed by atoms with Crippen molar-refractivity contribution >= 4 is 28.4 Å². The van der Waals surface area contributed by atoms with Crippen LogP contribution in [0.3, 0.4) is 0 Å². The molecule has 0 fully saturated rings. The van der Waals surface area contributed by atoms with Crippen molar-refractivity contribution in [1.82, 2.24) is 4.57 Å². The summed E-state index contributed by atoms with van der Waals surface area (Å²) in [6.07, 6.45) is 2.02. The summed E-state index contributed by atoms with van der Waals surface area (Å²) in [6, 6.07) is 21.1. The molecule has 0 bridgehead atoms. The number of para-hydroxylation sites is 1. The number of halogens is 1. The van der Waals surface area contributed by atoms with Gasteiger partial charge in [-0.1, -0.05) is 30.3 Å². The molecular formula is C21H15FN2O2S. The number of hydrogen-bond donors (Lipinski definition) is 0. The highest BCUT2D eigenvalue weighted by Gasteiger charge is 2.12. The number of thioether (sulfide) groups is 1. The SMILES string of the molecule is O=[N+]([O-])c1ccc(-n2cc(SCc3cccc(F)c3)c3ccccc32)cc1. The van der Waals surface area contributed by atoms with E-state index in [1.807, 2.05) is 41.1 Å². The summed E-state index contributed by atoms with van der Waals surface area (Å²) in [6.45, 7) is 0. The van der Waals surface area contributed by atoms with E-state index in [0.717, 1.165) is 27.0 Å². The van der Waals surface area contributed by atoms with Crippen LogP contribution in [0.2, 0.25) is 0 Å². The summed E-state index contributed by atoms with van der Waals surface area (Å²) in [5.41, 5.74) is 2.87. The Bertz CT molecular complexity index is 1120. The Balaban J connectivity index is 1.69. The maximum absolute atomic E-state index is 13.4. The monoisotopic (exact) mass is 378 g/mol. The Labute approximate surface area is 159 Å². The summed E-state index contributed by atoms with van der Waals surface area (Å²) < 4.78 is 15.4. The second-order valence-electron chi connectivity index (χ2n) is 6.07. The van der Waals surface area contributed by atoms with E-state index in [0.29, 0.717) is 5.75 Å². The second-order valence-corrected chi connectivity index (χ2v) is 7.09. The Kier molecular flexibility index (Phi) is 4.64. The minimum atomic E-state index is -0.405. The minimum Gasteiger partial charge on any atom is -0.315 e. The van der Waals surface area contributed by atoms with Crippen LogP contribution in [0.15, 0.2) is 83.9 Å². The number of hydrogen-bond acceptors (Lipinski definition) is 3. The molecule has 0 aliphatic heterocycles. The number of fused-ring (bicyclic) bond motifs is 1. The molecule has 0 spiro atoms. The van der Waals surface area contributed by atoms with Gasteiger partial charge in [0.1, 0.15) is 5.82 Å². The van der Waals surface area contributed by atoms with E-state index in [1.54, 1.807) is 36.0 Å². The molecule has 4 rings (SSSR count). The number of aromatic nitrogens is 1. The fraction of sp³-hybridized carbons (Fsp3) is 0.0476. The average Bonchev–Trinajstić information content (AvgIpc) is 3.05. The third-order valence-electron chi connectivity index (χ3n) is 4.30. The highest BCUT2D eigenvalue weighted by Crippen LogP contribution is 2.34. The lowest BCUT2D eigenvalue weighted by Gasteiger charge is -2.04. The molecule has 0 unspecified atom stereocenters. The van der Waals surface area contributed by atoms with E-state index < -0.39 is 4.92 Å². The van der Waals surface area contributed by atoms with E-state index in [9.17, 15) is 14.5 Å². The molecule has 27 heavy (non-hydrogen) atoms. The Morgan fingerprint density at radius 2 is 1.78 bits per heavy atom. The van der Waals surface area contributed by atoms with Gasteiger partial charge in [0.05, 0.1) is 10.4 Å². The maximum Gasteiger partial charge on any atom is 0.269 e. The number of nitrogens with zero attached hydrogens (tertiary/aromatic N) is 2. The van der Waals surface area contributed by atoms with Crippen LogP contribution in [-0.4, -0.2) is 9.49 Å². The second kappa shape index (κ2) is 7.25. The highest BCUT2D eigenvalue weighted by atomic mass is 32.2. The van der Waals surface area contributed by atoms with Gasteiger partial charge in [-0.2, -0.15) is 0 Å². The standard InChI is InChI=1S/C21H15FN2O2S/c22-16-5-3-4-15(12-16)14-27-21-13-23(20-7-2-1-6-19(20)21)17-8-10-18(11-9-17)24(25)26/h1-13H,14H2. The van der Waals surface area contributed by atoms with Gasteiger partial charge in [0.2, 0.25) is 0 Å². The fourth-order valence-corrected chi connectivity index (χ4v) is 4.01. The topological polar surface area (TPSA) is 48.1 Å². The summed E-state index contributed by atoms with van der Waals surface area (Å²) in [5, 5.41) is 12.0. The summed E-state index contributed by atoms with van der Waals surface area (Å²) in [4.78, 5) is 11.5. The van der Waals surface area contributed by atoms with Gasteiger partial charge >= 0.3 is 0 Å². The first-order chi connectivity index (χ1) is 13.1. The predicted molar refractivity (Wildman–Crippen MR) is 106 cm³/mol. The molecule has 0 atom stereocenters. The lowest BCUT2D eigenvalue weighted by molar-refractivity contribution is -0.384. The van der Waals surface area contributed by atoms with Crippen LogP contribution in [-0.2, 0) is 5.75 Å². The molecule has 0 aliphatic carbocycles. The van der Waals surface area contributed by atoms with Crippen molar-refractivity contribution in [3.8, 4) is 5.69 Å². The van der Waals surface area contributed by atoms with Gasteiger partial charge in [0.15, 0.2) is 0 Å². The van der Waals surface area contributed by atoms with Crippen LogP contribution in [0.25, 0.3) is 16.6 Å². The van der Waals surface area contributed by atoms with Gasteiger partial charge in [-0.3, -0.25) is 10.1 Å². The van der Waals surface area contributed by atoms with E-state index in [4.69, 9.17) is 0 Å². The molecule has 0 N–H and O–H groups in total. The van der Waals surface area contributed by atoms with Crippen LogP contribution < -0.4 is 0 Å². The van der Waals surface area contributed by atoms with E-state index in [2.05, 4.69) is 0 Å². The molecule has 0 amide bonds. The molecule has 0 saturated carbocycles. The number of benzene rings is 3. The Morgan fingerprint density at radius 3 is 2.52 bits per heavy atom. The summed E-state index contributed by atoms with van der Waals surface area (Å²) in [5.74, 6) is 0.424. The third kappa shape index (κ3) is 3.57. The number of nitro benzene ring substituents is 1. The van der Waals surface area contributed by atoms with Crippen molar-refractivity contribution in [2.75, 3.05) is 0 Å². The van der Waals surface area contributed by atoms with Gasteiger partial charge in [0.25, 0.3) is 5.69 Å². The number of non-ortho nitro benzene ring substituents is 1. The average molecular weight is 378 g/mol. The minimum absolute atomic E-state index is 0.0657. The molecule has 134 valence electrons. The molecule has 3 aromatic carbocycles. The van der Waals surface area contributed by atoms with Gasteiger partial charge in [-0.15, -0.1) is 11.8 Å². The molecule has 0 aliphatic rings. The lowest BCUT2D eigenvalue weighted by Crippen LogP contribution is -1.93. The first kappa shape index (κ1) is 17.3. The van der Waals surface area contributed by atoms with E-state index >= 15 is 0 Å². The van der Waals surface area contributed by atoms with Crippen molar-refractivity contribution in [2.45, 2.75) is 10.6 Å². The molecule has 4 nitrogen and oxygen atoms in total. The van der Waals surface area contributed by atoms with Crippen molar-refractivity contribution in [3.05, 3.63) is 100 Å². The zero-order valence-corrected chi connectivity index (χ0v) is 15.0. The zero-order chi connectivity index (χ0) is 18.8. The number of nitro groups is 1. The van der Waals surface area contributed by atoms with Gasteiger partial charge in [-0.05, 0) is 35.9 Å². The molecule has 4 aromatic rings. The molecule has 1 heterocycles. The van der Waals surface area contributed by atoms with Crippen LogP contribution in [0.5, 0.6) is 0 Å².